The van der Waals surface area contributed by atoms with Crippen LogP contribution in [0.25, 0.3) is 0 Å². The highest BCUT2D eigenvalue weighted by molar-refractivity contribution is 6.74. The average Bonchev–Trinajstić information content (AvgIpc) is 3.41. The summed E-state index contributed by atoms with van der Waals surface area (Å²) in [6, 6.07) is 18.0. The molecule has 1 heterocycles. The van der Waals surface area contributed by atoms with Gasteiger partial charge < -0.3 is 28.3 Å². The molecule has 3 aromatic rings. The molecule has 0 spiro atoms. The number of ketones is 1. The maximum atomic E-state index is 14.6. The molecule has 45 heavy (non-hydrogen) atoms. The molecule has 240 valence electrons. The van der Waals surface area contributed by atoms with Crippen molar-refractivity contribution in [2.24, 2.45) is 5.92 Å². The lowest BCUT2D eigenvalue weighted by Crippen LogP contribution is -2.67. The van der Waals surface area contributed by atoms with E-state index in [0.717, 1.165) is 11.1 Å². The molecule has 0 aliphatic heterocycles. The molecule has 0 unspecified atom stereocenters. The molecule has 0 bridgehead atoms. The van der Waals surface area contributed by atoms with Crippen LogP contribution in [0.4, 0.5) is 4.79 Å². The highest BCUT2D eigenvalue weighted by Gasteiger charge is 2.65. The van der Waals surface area contributed by atoms with Crippen LogP contribution in [-0.2, 0) is 27.1 Å². The summed E-state index contributed by atoms with van der Waals surface area (Å²) in [7, 11) is 1.07. The van der Waals surface area contributed by atoms with Gasteiger partial charge in [-0.05, 0) is 54.6 Å². The predicted octanol–water partition coefficient (Wildman–Crippen LogP) is 6.08. The molecule has 0 amide bonds. The predicted molar refractivity (Wildman–Crippen MR) is 169 cm³/mol. The minimum absolute atomic E-state index is 0.00650. The monoisotopic (exact) mass is 634 g/mol. The van der Waals surface area contributed by atoms with Gasteiger partial charge in [0.15, 0.2) is 19.7 Å². The second kappa shape index (κ2) is 12.6. The number of aromatic nitrogens is 1. The summed E-state index contributed by atoms with van der Waals surface area (Å²) in [6.45, 7) is 10.5. The van der Waals surface area contributed by atoms with E-state index < -0.39 is 50.0 Å². The Morgan fingerprint density at radius 2 is 1.60 bits per heavy atom. The second-order valence-electron chi connectivity index (χ2n) is 13.4. The van der Waals surface area contributed by atoms with Crippen LogP contribution in [0.1, 0.15) is 54.1 Å². The summed E-state index contributed by atoms with van der Waals surface area (Å²) >= 11 is 0. The van der Waals surface area contributed by atoms with E-state index in [1.165, 1.54) is 0 Å². The van der Waals surface area contributed by atoms with E-state index in [1.54, 1.807) is 31.1 Å². The molecule has 0 radical (unpaired) electrons. The number of carbonyl (C=O) groups is 2. The minimum atomic E-state index is -2.53. The van der Waals surface area contributed by atoms with Gasteiger partial charge in [0.25, 0.3) is 5.88 Å². The molecule has 0 saturated carbocycles. The molecule has 10 nitrogen and oxygen atoms in total. The van der Waals surface area contributed by atoms with E-state index in [-0.39, 0.29) is 35.5 Å². The van der Waals surface area contributed by atoms with Crippen molar-refractivity contribution in [3.63, 3.8) is 0 Å². The molecule has 11 heteroatoms. The van der Waals surface area contributed by atoms with Crippen molar-refractivity contribution in [2.75, 3.05) is 14.1 Å². The van der Waals surface area contributed by atoms with Gasteiger partial charge in [0, 0.05) is 0 Å². The Balaban J connectivity index is 1.53. The summed E-state index contributed by atoms with van der Waals surface area (Å²) in [4.78, 5) is 29.4. The van der Waals surface area contributed by atoms with Crippen LogP contribution in [0.15, 0.2) is 77.3 Å². The molecule has 0 fully saturated rings. The number of fused-ring (bicyclic) bond motifs is 2. The average molecular weight is 635 g/mol. The Bertz CT molecular complexity index is 1530. The summed E-state index contributed by atoms with van der Waals surface area (Å²) in [5.41, 5.74) is -0.442. The molecule has 2 aliphatic rings. The summed E-state index contributed by atoms with van der Waals surface area (Å²) in [5, 5.41) is 16.7. The smallest absolute Gasteiger partial charge is 0.470 e. The molecule has 1 aromatic heterocycles. The van der Waals surface area contributed by atoms with E-state index >= 15 is 0 Å². The highest BCUT2D eigenvalue weighted by atomic mass is 28.4. The van der Waals surface area contributed by atoms with Gasteiger partial charge in [-0.3, -0.25) is 9.69 Å². The van der Waals surface area contributed by atoms with Crippen molar-refractivity contribution >= 4 is 20.3 Å². The van der Waals surface area contributed by atoms with E-state index in [2.05, 4.69) is 39.0 Å². The number of ether oxygens (including phenoxy) is 3. The van der Waals surface area contributed by atoms with Crippen LogP contribution in [-0.4, -0.2) is 67.3 Å². The lowest BCUT2D eigenvalue weighted by molar-refractivity contribution is -0.130. The van der Waals surface area contributed by atoms with Crippen molar-refractivity contribution in [1.29, 1.82) is 0 Å². The fourth-order valence-electron chi connectivity index (χ4n) is 5.66. The Morgan fingerprint density at radius 1 is 1.00 bits per heavy atom. The Hall–Kier alpha value is -3.77. The van der Waals surface area contributed by atoms with Gasteiger partial charge >= 0.3 is 6.16 Å². The van der Waals surface area contributed by atoms with Crippen molar-refractivity contribution in [1.82, 2.24) is 10.1 Å². The fraction of sp³-hybridized carbons (Fsp3) is 0.441. The molecule has 0 saturated heterocycles. The minimum Gasteiger partial charge on any atom is -0.470 e. The largest absolute Gasteiger partial charge is 0.509 e. The number of hydrogen-bond acceptors (Lipinski definition) is 10. The van der Waals surface area contributed by atoms with Gasteiger partial charge in [0.05, 0.1) is 12.0 Å². The van der Waals surface area contributed by atoms with Gasteiger partial charge in [-0.2, -0.15) is 0 Å². The second-order valence-corrected chi connectivity index (χ2v) is 18.1. The molecular formula is C34H42N2O8Si. The normalized spacial score (nSPS) is 24.6. The van der Waals surface area contributed by atoms with Crippen molar-refractivity contribution in [3.8, 4) is 5.88 Å². The maximum absolute atomic E-state index is 14.6. The first-order valence-electron chi connectivity index (χ1n) is 15.1. The van der Waals surface area contributed by atoms with Gasteiger partial charge in [-0.25, -0.2) is 4.79 Å². The quantitative estimate of drug-likeness (QED) is 0.168. The Morgan fingerprint density at radius 3 is 2.18 bits per heavy atom. The molecule has 2 aliphatic carbocycles. The summed E-state index contributed by atoms with van der Waals surface area (Å²) < 4.78 is 29.8. The van der Waals surface area contributed by atoms with Crippen LogP contribution >= 0.6 is 0 Å². The molecule has 5 atom stereocenters. The van der Waals surface area contributed by atoms with E-state index in [0.29, 0.717) is 0 Å². The highest BCUT2D eigenvalue weighted by Crippen LogP contribution is 2.53. The number of aliphatic hydroxyl groups is 1. The SMILES string of the molecule is CN(C)[C@@H]1c2onc(OCc3ccccc3)c2C(=O)[C@]2(O)[C@H]1[C@@H](OC(=O)OCc1ccccc1)C=C[C@H]2O[Si](C)(C)C(C)(C)C. The van der Waals surface area contributed by atoms with Crippen LogP contribution in [0.3, 0.4) is 0 Å². The zero-order valence-corrected chi connectivity index (χ0v) is 27.9. The maximum Gasteiger partial charge on any atom is 0.509 e. The third-order valence-electron chi connectivity index (χ3n) is 9.09. The molecule has 1 N–H and O–H groups in total. The number of Topliss-reactive ketones (excluding diaryl/α,β-unsaturated/α-hetero) is 1. The molecular weight excluding hydrogens is 592 g/mol. The summed E-state index contributed by atoms with van der Waals surface area (Å²) in [5.74, 6) is -1.48. The number of benzene rings is 2. The van der Waals surface area contributed by atoms with Crippen LogP contribution in [0.5, 0.6) is 5.88 Å². The third-order valence-corrected chi connectivity index (χ3v) is 13.5. The van der Waals surface area contributed by atoms with Gasteiger partial charge in [-0.15, -0.1) is 0 Å². The van der Waals surface area contributed by atoms with E-state index in [1.807, 2.05) is 60.7 Å². The first-order chi connectivity index (χ1) is 21.2. The number of carbonyl (C=O) groups excluding carboxylic acids is 2. The first kappa shape index (κ1) is 32.6. The number of hydrogen-bond donors (Lipinski definition) is 1. The van der Waals surface area contributed by atoms with E-state index in [9.17, 15) is 14.7 Å². The van der Waals surface area contributed by atoms with Gasteiger partial charge in [0.2, 0.25) is 5.78 Å². The van der Waals surface area contributed by atoms with Gasteiger partial charge in [-0.1, -0.05) is 87.5 Å². The van der Waals surface area contributed by atoms with Crippen LogP contribution in [0, 0.1) is 5.92 Å². The number of nitrogens with zero attached hydrogens (tertiary/aromatic N) is 2. The zero-order valence-electron chi connectivity index (χ0n) is 26.9. The first-order valence-corrected chi connectivity index (χ1v) is 18.0. The fourth-order valence-corrected chi connectivity index (χ4v) is 6.90. The van der Waals surface area contributed by atoms with Crippen molar-refractivity contribution < 1.29 is 37.9 Å². The topological polar surface area (TPSA) is 121 Å². The van der Waals surface area contributed by atoms with Crippen molar-refractivity contribution in [3.05, 3.63) is 95.3 Å². The van der Waals surface area contributed by atoms with E-state index in [4.69, 9.17) is 23.2 Å². The van der Waals surface area contributed by atoms with Crippen LogP contribution < -0.4 is 4.74 Å². The lowest BCUT2D eigenvalue weighted by Gasteiger charge is -2.52. The number of rotatable bonds is 9. The summed E-state index contributed by atoms with van der Waals surface area (Å²) in [6.07, 6.45) is 0.266. The molecule has 5 rings (SSSR count). The zero-order chi connectivity index (χ0) is 32.6. The lowest BCUT2D eigenvalue weighted by atomic mass is 9.63. The van der Waals surface area contributed by atoms with Crippen LogP contribution in [0.2, 0.25) is 18.1 Å². The standard InChI is InChI=1S/C34H42N2O8Si/c1-33(2,3)45(6,7)44-25-19-18-24(42-32(38)41-21-23-16-12-9-13-17-23)27-28(36(4)5)29-26(30(37)34(25,27)39)31(35-43-29)40-20-22-14-10-8-11-15-22/h8-19,24-25,27-28,39H,20-21H2,1-7H3/t24-,25+,27-,28-,34+/m0/s1. The molecule has 2 aromatic carbocycles. The Labute approximate surface area is 265 Å². The Kier molecular flexibility index (Phi) is 9.10. The van der Waals surface area contributed by atoms with Gasteiger partial charge in [0.1, 0.15) is 31.0 Å². The van der Waals surface area contributed by atoms with Crippen molar-refractivity contribution in [2.45, 2.75) is 76.0 Å². The third kappa shape index (κ3) is 6.35.